The summed E-state index contributed by atoms with van der Waals surface area (Å²) in [6, 6.07) is 7.14. The Kier molecular flexibility index (Phi) is 10.2. The predicted octanol–water partition coefficient (Wildman–Crippen LogP) is 3.45. The zero-order chi connectivity index (χ0) is 32.8. The predicted molar refractivity (Wildman–Crippen MR) is 170 cm³/mol. The molecule has 2 atom stereocenters. The summed E-state index contributed by atoms with van der Waals surface area (Å²) in [5.41, 5.74) is 7.82. The maximum atomic E-state index is 13.1. The van der Waals surface area contributed by atoms with E-state index in [9.17, 15) is 20.1 Å². The molecule has 5 rings (SSSR count). The number of fused-ring (bicyclic) bond motifs is 1. The van der Waals surface area contributed by atoms with Gasteiger partial charge in [0, 0.05) is 25.6 Å². The summed E-state index contributed by atoms with van der Waals surface area (Å²) in [4.78, 5) is 35.9. The van der Waals surface area contributed by atoms with Gasteiger partial charge in [-0.25, -0.2) is 9.78 Å². The van der Waals surface area contributed by atoms with Crippen molar-refractivity contribution in [3.05, 3.63) is 34.6 Å². The highest BCUT2D eigenvalue weighted by Gasteiger charge is 2.35. The third-order valence-corrected chi connectivity index (χ3v) is 8.67. The third-order valence-electron chi connectivity index (χ3n) is 8.27. The van der Waals surface area contributed by atoms with E-state index in [2.05, 4.69) is 43.2 Å². The van der Waals surface area contributed by atoms with Gasteiger partial charge in [-0.2, -0.15) is 20.0 Å². The Hall–Kier alpha value is -4.86. The van der Waals surface area contributed by atoms with Gasteiger partial charge in [0.15, 0.2) is 17.2 Å². The molecule has 15 nitrogen and oxygen atoms in total. The summed E-state index contributed by atoms with van der Waals surface area (Å²) in [6.45, 7) is 3.10. The van der Waals surface area contributed by atoms with Crippen molar-refractivity contribution < 1.29 is 19.1 Å². The number of nitrogens with two attached hydrogens (primary N) is 1. The van der Waals surface area contributed by atoms with Gasteiger partial charge in [-0.05, 0) is 57.1 Å². The minimum absolute atomic E-state index is 0.123. The number of hydrogen-bond donors (Lipinski definition) is 4. The number of ether oxygens (including phenoxy) is 2. The van der Waals surface area contributed by atoms with Crippen molar-refractivity contribution in [1.82, 2.24) is 24.9 Å². The van der Waals surface area contributed by atoms with E-state index in [1.165, 1.54) is 17.8 Å². The normalized spacial score (nSPS) is 21.1. The first kappa shape index (κ1) is 32.5. The SMILES string of the molecule is CCNc1nc(Nc2cc(C#N)cc(N3CC[C@@H](NC(=O)OC)[C@H](OC(=O)CC4CCC(N)CC4)C3)c2Cl)nn2c(C#N)cnc12. The Bertz CT molecular complexity index is 1680. The van der Waals surface area contributed by atoms with Gasteiger partial charge in [0.05, 0.1) is 53.9 Å². The monoisotopic (exact) mass is 649 g/mol. The number of nitriles is 2. The van der Waals surface area contributed by atoms with Gasteiger partial charge in [-0.1, -0.05) is 11.6 Å². The van der Waals surface area contributed by atoms with Crippen LogP contribution in [0.1, 0.15) is 56.7 Å². The summed E-state index contributed by atoms with van der Waals surface area (Å²) in [6.07, 6.45) is 4.27. The molecule has 242 valence electrons. The number of amides is 1. The molecule has 3 aromatic rings. The third kappa shape index (κ3) is 7.33. The molecule has 16 heteroatoms. The van der Waals surface area contributed by atoms with Crippen LogP contribution in [0.3, 0.4) is 0 Å². The van der Waals surface area contributed by atoms with Crippen LogP contribution in [-0.4, -0.2) is 76.6 Å². The van der Waals surface area contributed by atoms with Crippen LogP contribution in [0.25, 0.3) is 5.65 Å². The van der Waals surface area contributed by atoms with E-state index in [-0.39, 0.29) is 47.6 Å². The van der Waals surface area contributed by atoms with Gasteiger partial charge in [-0.15, -0.1) is 5.10 Å². The van der Waals surface area contributed by atoms with Crippen molar-refractivity contribution in [3.63, 3.8) is 0 Å². The van der Waals surface area contributed by atoms with E-state index in [0.717, 1.165) is 25.7 Å². The number of alkyl carbamates (subject to hydrolysis) is 1. The van der Waals surface area contributed by atoms with E-state index in [1.807, 2.05) is 11.8 Å². The molecule has 1 saturated heterocycles. The molecule has 2 fully saturated rings. The van der Waals surface area contributed by atoms with Crippen LogP contribution < -0.4 is 26.6 Å². The Morgan fingerprint density at radius 3 is 2.65 bits per heavy atom. The average Bonchev–Trinajstić information content (AvgIpc) is 3.47. The van der Waals surface area contributed by atoms with Crippen LogP contribution >= 0.6 is 11.6 Å². The van der Waals surface area contributed by atoms with Crippen molar-refractivity contribution in [2.24, 2.45) is 11.7 Å². The number of nitrogens with one attached hydrogen (secondary N) is 3. The molecule has 46 heavy (non-hydrogen) atoms. The first-order valence-corrected chi connectivity index (χ1v) is 15.6. The number of carbonyl (C=O) groups excluding carboxylic acids is 2. The summed E-state index contributed by atoms with van der Waals surface area (Å²) in [5.74, 6) is 0.395. The fourth-order valence-electron chi connectivity index (χ4n) is 5.89. The average molecular weight is 650 g/mol. The highest BCUT2D eigenvalue weighted by molar-refractivity contribution is 6.36. The Balaban J connectivity index is 1.40. The first-order chi connectivity index (χ1) is 22.2. The van der Waals surface area contributed by atoms with Crippen LogP contribution in [0.4, 0.5) is 27.9 Å². The Labute approximate surface area is 271 Å². The minimum atomic E-state index is -0.705. The van der Waals surface area contributed by atoms with Crippen LogP contribution in [0.2, 0.25) is 5.02 Å². The smallest absolute Gasteiger partial charge is 0.407 e. The molecule has 1 amide bonds. The molecule has 0 unspecified atom stereocenters. The minimum Gasteiger partial charge on any atom is -0.458 e. The number of benzene rings is 1. The van der Waals surface area contributed by atoms with Crippen LogP contribution in [0.15, 0.2) is 18.3 Å². The van der Waals surface area contributed by atoms with Gasteiger partial charge in [0.1, 0.15) is 12.2 Å². The molecule has 0 spiro atoms. The molecule has 1 aromatic carbocycles. The van der Waals surface area contributed by atoms with Crippen molar-refractivity contribution in [1.29, 1.82) is 10.5 Å². The van der Waals surface area contributed by atoms with Gasteiger partial charge < -0.3 is 36.1 Å². The summed E-state index contributed by atoms with van der Waals surface area (Å²) in [5, 5.41) is 33.1. The maximum absolute atomic E-state index is 13.1. The van der Waals surface area contributed by atoms with E-state index < -0.39 is 18.2 Å². The quantitative estimate of drug-likeness (QED) is 0.245. The lowest BCUT2D eigenvalue weighted by Crippen LogP contribution is -2.56. The number of imidazole rings is 1. The van der Waals surface area contributed by atoms with E-state index in [4.69, 9.17) is 26.8 Å². The topological polar surface area (TPSA) is 209 Å². The first-order valence-electron chi connectivity index (χ1n) is 15.2. The molecule has 5 N–H and O–H groups in total. The fraction of sp³-hybridized carbons (Fsp3) is 0.500. The lowest BCUT2D eigenvalue weighted by atomic mass is 9.84. The second kappa shape index (κ2) is 14.5. The Morgan fingerprint density at radius 1 is 1.17 bits per heavy atom. The second-order valence-electron chi connectivity index (χ2n) is 11.4. The molecule has 3 heterocycles. The number of halogens is 1. The molecule has 1 aliphatic heterocycles. The fourth-order valence-corrected chi connectivity index (χ4v) is 6.16. The van der Waals surface area contributed by atoms with E-state index >= 15 is 0 Å². The molecule has 0 bridgehead atoms. The molecule has 1 aliphatic carbocycles. The number of carbonyl (C=O) groups is 2. The zero-order valence-corrected chi connectivity index (χ0v) is 26.4. The largest absolute Gasteiger partial charge is 0.458 e. The number of aromatic nitrogens is 4. The van der Waals surface area contributed by atoms with Crippen molar-refractivity contribution >= 4 is 52.5 Å². The van der Waals surface area contributed by atoms with Crippen molar-refractivity contribution in [2.75, 3.05) is 42.3 Å². The summed E-state index contributed by atoms with van der Waals surface area (Å²) in [7, 11) is 1.28. The van der Waals surface area contributed by atoms with Crippen molar-refractivity contribution in [2.45, 2.75) is 63.6 Å². The zero-order valence-electron chi connectivity index (χ0n) is 25.6. The van der Waals surface area contributed by atoms with Gasteiger partial charge >= 0.3 is 12.1 Å². The van der Waals surface area contributed by atoms with E-state index in [1.54, 1.807) is 12.1 Å². The van der Waals surface area contributed by atoms with Gasteiger partial charge in [-0.3, -0.25) is 4.79 Å². The molecule has 2 aromatic heterocycles. The molecule has 1 saturated carbocycles. The van der Waals surface area contributed by atoms with Crippen LogP contribution in [0, 0.1) is 28.6 Å². The number of rotatable bonds is 9. The highest BCUT2D eigenvalue weighted by atomic mass is 35.5. The standard InChI is InChI=1S/C30H36ClN11O4/c1-3-35-27-28-36-15-20(14-33)42(28)40-29(39-27)37-22-10-18(13-32)11-23(26(22)31)41-9-8-21(38-30(44)45-2)24(16-41)46-25(43)12-17-4-6-19(34)7-5-17/h10-11,15,17,19,21,24H,3-9,12,16,34H2,1-2H3,(H,38,44)(H2,35,37,39,40)/t17?,19?,21-,24-/m1/s1. The van der Waals surface area contributed by atoms with Gasteiger partial charge in [0.2, 0.25) is 5.95 Å². The van der Waals surface area contributed by atoms with Crippen LogP contribution in [0.5, 0.6) is 0 Å². The van der Waals surface area contributed by atoms with Crippen molar-refractivity contribution in [3.8, 4) is 12.1 Å². The second-order valence-corrected chi connectivity index (χ2v) is 11.8. The maximum Gasteiger partial charge on any atom is 0.407 e. The number of hydrogen-bond acceptors (Lipinski definition) is 13. The number of piperidine rings is 1. The molecule has 2 aliphatic rings. The number of methoxy groups -OCH3 is 1. The van der Waals surface area contributed by atoms with Crippen LogP contribution in [-0.2, 0) is 14.3 Å². The number of esters is 1. The molecule has 0 radical (unpaired) electrons. The van der Waals surface area contributed by atoms with Gasteiger partial charge in [0.25, 0.3) is 0 Å². The highest BCUT2D eigenvalue weighted by Crippen LogP contribution is 2.38. The Morgan fingerprint density at radius 2 is 1.96 bits per heavy atom. The molecular weight excluding hydrogens is 614 g/mol. The lowest BCUT2D eigenvalue weighted by molar-refractivity contribution is -0.152. The summed E-state index contributed by atoms with van der Waals surface area (Å²) < 4.78 is 12.2. The molecular formula is C30H36ClN11O4. The number of anilines is 4. The summed E-state index contributed by atoms with van der Waals surface area (Å²) >= 11 is 6.95. The number of nitrogens with zero attached hydrogens (tertiary/aromatic N) is 7. The lowest BCUT2D eigenvalue weighted by Gasteiger charge is -2.40. The van der Waals surface area contributed by atoms with E-state index in [0.29, 0.717) is 47.9 Å².